The Bertz CT molecular complexity index is 1360. The van der Waals surface area contributed by atoms with Gasteiger partial charge in [0.2, 0.25) is 0 Å². The summed E-state index contributed by atoms with van der Waals surface area (Å²) in [4.78, 5) is 37.5. The molecule has 1 aliphatic heterocycles. The lowest BCUT2D eigenvalue weighted by molar-refractivity contribution is -0.150. The number of hydrogen-bond donors (Lipinski definition) is 1. The van der Waals surface area contributed by atoms with Crippen molar-refractivity contribution >= 4 is 17.9 Å². The van der Waals surface area contributed by atoms with E-state index >= 15 is 0 Å². The van der Waals surface area contributed by atoms with Crippen LogP contribution in [0.1, 0.15) is 88.7 Å². The van der Waals surface area contributed by atoms with Crippen LogP contribution in [0.5, 0.6) is 11.5 Å². The summed E-state index contributed by atoms with van der Waals surface area (Å²) in [5.74, 6) is -1.06. The molecular weight excluding hydrogens is 564 g/mol. The molecule has 0 radical (unpaired) electrons. The number of benzene rings is 3. The number of aliphatic hydroxyl groups is 1. The molecule has 9 nitrogen and oxygen atoms in total. The minimum absolute atomic E-state index is 0.170. The second kappa shape index (κ2) is 16.1. The number of hydrogen-bond acceptors (Lipinski definition) is 9. The van der Waals surface area contributed by atoms with E-state index in [0.29, 0.717) is 43.8 Å². The van der Waals surface area contributed by atoms with Gasteiger partial charge < -0.3 is 28.8 Å². The molecule has 9 heteroatoms. The Morgan fingerprint density at radius 2 is 1.25 bits per heavy atom. The first-order chi connectivity index (χ1) is 21.3. The number of carbonyl (C=O) groups is 3. The van der Waals surface area contributed by atoms with E-state index in [9.17, 15) is 19.5 Å². The summed E-state index contributed by atoms with van der Waals surface area (Å²) in [6.45, 7) is 7.27. The predicted molar refractivity (Wildman–Crippen MR) is 163 cm³/mol. The van der Waals surface area contributed by atoms with Crippen molar-refractivity contribution in [1.82, 2.24) is 0 Å². The molecule has 4 rings (SSSR count). The zero-order valence-electron chi connectivity index (χ0n) is 25.3. The summed E-state index contributed by atoms with van der Waals surface area (Å²) in [5.41, 5.74) is 1.88. The zero-order chi connectivity index (χ0) is 31.4. The minimum atomic E-state index is -0.601. The van der Waals surface area contributed by atoms with E-state index in [-0.39, 0.29) is 22.5 Å². The highest BCUT2D eigenvalue weighted by Crippen LogP contribution is 2.31. The van der Waals surface area contributed by atoms with Gasteiger partial charge in [0.15, 0.2) is 0 Å². The van der Waals surface area contributed by atoms with Gasteiger partial charge in [-0.1, -0.05) is 32.4 Å². The van der Waals surface area contributed by atoms with Crippen molar-refractivity contribution < 1.29 is 43.2 Å². The molecule has 1 fully saturated rings. The van der Waals surface area contributed by atoms with E-state index in [2.05, 4.69) is 6.92 Å². The van der Waals surface area contributed by atoms with Crippen LogP contribution in [0.2, 0.25) is 0 Å². The molecule has 234 valence electrons. The molecule has 1 atom stereocenters. The quantitative estimate of drug-likeness (QED) is 0.114. The second-order valence-electron chi connectivity index (χ2n) is 11.0. The Labute approximate surface area is 258 Å². The molecule has 1 unspecified atom stereocenters. The fourth-order valence-electron chi connectivity index (χ4n) is 4.55. The van der Waals surface area contributed by atoms with Crippen molar-refractivity contribution in [1.29, 1.82) is 0 Å². The summed E-state index contributed by atoms with van der Waals surface area (Å²) in [6, 6.07) is 18.8. The van der Waals surface area contributed by atoms with Gasteiger partial charge in [-0.3, -0.25) is 0 Å². The van der Waals surface area contributed by atoms with Crippen LogP contribution >= 0.6 is 0 Å². The molecule has 44 heavy (non-hydrogen) atoms. The number of carbonyl (C=O) groups excluding carboxylic acids is 3. The van der Waals surface area contributed by atoms with Crippen LogP contribution < -0.4 is 9.47 Å². The number of rotatable bonds is 16. The van der Waals surface area contributed by atoms with E-state index in [1.807, 2.05) is 6.92 Å². The van der Waals surface area contributed by atoms with Gasteiger partial charge in [0, 0.05) is 12.0 Å². The Kier molecular flexibility index (Phi) is 12.1. The molecule has 3 aromatic rings. The molecule has 1 saturated heterocycles. The van der Waals surface area contributed by atoms with Crippen LogP contribution in [-0.4, -0.2) is 56.0 Å². The summed E-state index contributed by atoms with van der Waals surface area (Å²) >= 11 is 0. The first-order valence-electron chi connectivity index (χ1n) is 15.1. The summed E-state index contributed by atoms with van der Waals surface area (Å²) in [6.07, 6.45) is 3.47. The smallest absolute Gasteiger partial charge is 0.343 e. The van der Waals surface area contributed by atoms with E-state index < -0.39 is 24.0 Å². The Morgan fingerprint density at radius 3 is 1.73 bits per heavy atom. The van der Waals surface area contributed by atoms with Gasteiger partial charge in [-0.15, -0.1) is 0 Å². The van der Waals surface area contributed by atoms with Crippen LogP contribution in [0.3, 0.4) is 0 Å². The third kappa shape index (κ3) is 9.22. The third-order valence-corrected chi connectivity index (χ3v) is 7.59. The van der Waals surface area contributed by atoms with Crippen molar-refractivity contribution in [2.24, 2.45) is 5.41 Å². The van der Waals surface area contributed by atoms with E-state index in [4.69, 9.17) is 23.7 Å². The molecular formula is C35H40O9. The average molecular weight is 605 g/mol. The monoisotopic (exact) mass is 604 g/mol. The van der Waals surface area contributed by atoms with Gasteiger partial charge in [-0.2, -0.15) is 0 Å². The highest BCUT2D eigenvalue weighted by Gasteiger charge is 2.36. The fourth-order valence-corrected chi connectivity index (χ4v) is 4.55. The maximum Gasteiger partial charge on any atom is 0.343 e. The molecule has 3 aromatic carbocycles. The van der Waals surface area contributed by atoms with Crippen molar-refractivity contribution in [3.63, 3.8) is 0 Å². The van der Waals surface area contributed by atoms with Crippen LogP contribution in [0, 0.1) is 5.41 Å². The van der Waals surface area contributed by atoms with Crippen molar-refractivity contribution in [3.05, 3.63) is 95.1 Å². The van der Waals surface area contributed by atoms with Gasteiger partial charge in [0.1, 0.15) is 11.5 Å². The first kappa shape index (κ1) is 32.9. The lowest BCUT2D eigenvalue weighted by Crippen LogP contribution is -2.45. The maximum atomic E-state index is 12.6. The molecule has 0 amide bonds. The molecule has 1 heterocycles. The Balaban J connectivity index is 1.17. The number of unbranched alkanes of at least 4 members (excludes halogenated alkanes) is 1. The topological polar surface area (TPSA) is 118 Å². The maximum absolute atomic E-state index is 12.6. The summed E-state index contributed by atoms with van der Waals surface area (Å²) in [5, 5.41) is 10.1. The molecule has 0 aromatic heterocycles. The molecule has 0 aliphatic carbocycles. The van der Waals surface area contributed by atoms with Gasteiger partial charge in [-0.25, -0.2) is 14.4 Å². The Hall–Kier alpha value is -4.05. The highest BCUT2D eigenvalue weighted by atomic mass is 16.5. The molecule has 1 aliphatic rings. The van der Waals surface area contributed by atoms with Crippen LogP contribution in [0.4, 0.5) is 0 Å². The van der Waals surface area contributed by atoms with Crippen molar-refractivity contribution in [2.45, 2.75) is 52.1 Å². The van der Waals surface area contributed by atoms with Gasteiger partial charge in [0.25, 0.3) is 0 Å². The van der Waals surface area contributed by atoms with Crippen molar-refractivity contribution in [2.75, 3.05) is 33.0 Å². The fraction of sp³-hybridized carbons (Fsp3) is 0.400. The predicted octanol–water partition coefficient (Wildman–Crippen LogP) is 6.34. The number of esters is 3. The van der Waals surface area contributed by atoms with Crippen LogP contribution in [0.25, 0.3) is 0 Å². The van der Waals surface area contributed by atoms with Gasteiger partial charge in [0.05, 0.1) is 49.2 Å². The second-order valence-corrected chi connectivity index (χ2v) is 11.0. The number of ether oxygens (including phenoxy) is 5. The van der Waals surface area contributed by atoms with E-state index in [0.717, 1.165) is 38.0 Å². The molecule has 0 saturated carbocycles. The lowest BCUT2D eigenvalue weighted by atomic mass is 9.84. The molecule has 0 spiro atoms. The third-order valence-electron chi connectivity index (χ3n) is 7.59. The summed E-state index contributed by atoms with van der Waals surface area (Å²) < 4.78 is 27.2. The zero-order valence-corrected chi connectivity index (χ0v) is 25.3. The number of aliphatic hydroxyl groups excluding tert-OH is 1. The SMILES string of the molecule is CCCC(O)c1ccc(C(=O)Oc2ccc(C(=O)Oc3ccc(C(=O)OCCCCOCC4(CC)COC4)cc3)cc2)cc1. The Morgan fingerprint density at radius 1 is 0.750 bits per heavy atom. The normalized spacial score (nSPS) is 14.2. The average Bonchev–Trinajstić information content (AvgIpc) is 3.02. The van der Waals surface area contributed by atoms with Crippen molar-refractivity contribution in [3.8, 4) is 11.5 Å². The summed E-state index contributed by atoms with van der Waals surface area (Å²) in [7, 11) is 0. The standard InChI is InChI=1S/C35H40O9/c1-3-7-31(36)25-8-10-27(11-9-25)33(38)43-30-18-14-28(15-19-30)34(39)44-29-16-12-26(13-17-29)32(37)42-21-6-5-20-40-22-35(4-2)23-41-24-35/h8-19,31,36H,3-7,20-24H2,1-2H3. The van der Waals surface area contributed by atoms with Gasteiger partial charge in [-0.05, 0) is 91.9 Å². The van der Waals surface area contributed by atoms with Crippen LogP contribution in [0.15, 0.2) is 72.8 Å². The van der Waals surface area contributed by atoms with Crippen LogP contribution in [-0.2, 0) is 14.2 Å². The largest absolute Gasteiger partial charge is 0.462 e. The van der Waals surface area contributed by atoms with E-state index in [1.54, 1.807) is 36.4 Å². The first-order valence-corrected chi connectivity index (χ1v) is 15.1. The lowest BCUT2D eigenvalue weighted by Gasteiger charge is -2.40. The molecule has 1 N–H and O–H groups in total. The minimum Gasteiger partial charge on any atom is -0.462 e. The highest BCUT2D eigenvalue weighted by molar-refractivity contribution is 5.93. The van der Waals surface area contributed by atoms with E-state index in [1.165, 1.54) is 36.4 Å². The molecule has 0 bridgehead atoms. The van der Waals surface area contributed by atoms with Gasteiger partial charge >= 0.3 is 17.9 Å².